The molecular formula is C14H14N2S. The first kappa shape index (κ1) is 11.7. The number of nitrogens with one attached hydrogen (secondary N) is 1. The van der Waals surface area contributed by atoms with Gasteiger partial charge in [-0.15, -0.1) is 11.3 Å². The monoisotopic (exact) mass is 242 g/mol. The fourth-order valence-electron chi connectivity index (χ4n) is 1.56. The summed E-state index contributed by atoms with van der Waals surface area (Å²) in [5, 5.41) is 12.0. The Hall–Kier alpha value is -1.79. The lowest BCUT2D eigenvalue weighted by molar-refractivity contribution is 1.19. The molecule has 1 N–H and O–H groups in total. The molecule has 0 radical (unpaired) electrons. The second-order valence-corrected chi connectivity index (χ2v) is 5.02. The van der Waals surface area contributed by atoms with Gasteiger partial charge in [0.05, 0.1) is 11.6 Å². The second-order valence-electron chi connectivity index (χ2n) is 3.76. The first-order valence-corrected chi connectivity index (χ1v) is 6.45. The Morgan fingerprint density at radius 3 is 2.41 bits per heavy atom. The highest BCUT2D eigenvalue weighted by Crippen LogP contribution is 2.18. The number of nitrogens with zero attached hydrogens (tertiary/aromatic N) is 1. The summed E-state index contributed by atoms with van der Waals surface area (Å²) in [4.78, 5) is 2.76. The van der Waals surface area contributed by atoms with E-state index in [1.54, 1.807) is 0 Å². The normalized spacial score (nSPS) is 9.88. The van der Waals surface area contributed by atoms with E-state index in [0.29, 0.717) is 5.56 Å². The first-order chi connectivity index (χ1) is 8.31. The summed E-state index contributed by atoms with van der Waals surface area (Å²) in [6, 6.07) is 14.0. The molecule has 2 aromatic rings. The van der Waals surface area contributed by atoms with Crippen LogP contribution >= 0.6 is 11.3 Å². The molecular weight excluding hydrogens is 228 g/mol. The molecule has 0 aliphatic carbocycles. The van der Waals surface area contributed by atoms with Gasteiger partial charge in [-0.25, -0.2) is 0 Å². The van der Waals surface area contributed by atoms with Gasteiger partial charge >= 0.3 is 0 Å². The van der Waals surface area contributed by atoms with Gasteiger partial charge in [0.2, 0.25) is 0 Å². The molecule has 86 valence electrons. The topological polar surface area (TPSA) is 35.8 Å². The molecule has 0 fully saturated rings. The van der Waals surface area contributed by atoms with Crippen LogP contribution in [0.3, 0.4) is 0 Å². The standard InChI is InChI=1S/C14H14N2S/c1-2-13-7-8-14(17-13)10-16-12-5-3-11(9-15)4-6-12/h3-8,16H,2,10H2,1H3. The number of nitriles is 1. The van der Waals surface area contributed by atoms with Gasteiger partial charge in [-0.3, -0.25) is 0 Å². The third kappa shape index (κ3) is 3.08. The van der Waals surface area contributed by atoms with Crippen LogP contribution in [0.4, 0.5) is 5.69 Å². The van der Waals surface area contributed by atoms with Gasteiger partial charge in [-0.2, -0.15) is 5.26 Å². The molecule has 0 amide bonds. The number of anilines is 1. The maximum absolute atomic E-state index is 8.70. The van der Waals surface area contributed by atoms with Crippen LogP contribution in [0.25, 0.3) is 0 Å². The average molecular weight is 242 g/mol. The van der Waals surface area contributed by atoms with E-state index in [1.807, 2.05) is 35.6 Å². The molecule has 17 heavy (non-hydrogen) atoms. The molecule has 0 atom stereocenters. The van der Waals surface area contributed by atoms with Crippen LogP contribution in [0.5, 0.6) is 0 Å². The smallest absolute Gasteiger partial charge is 0.0991 e. The summed E-state index contributed by atoms with van der Waals surface area (Å²) in [7, 11) is 0. The second kappa shape index (κ2) is 5.51. The zero-order valence-corrected chi connectivity index (χ0v) is 10.6. The van der Waals surface area contributed by atoms with E-state index < -0.39 is 0 Å². The van der Waals surface area contributed by atoms with Crippen molar-refractivity contribution in [3.8, 4) is 6.07 Å². The lowest BCUT2D eigenvalue weighted by Gasteiger charge is -2.04. The predicted molar refractivity (Wildman–Crippen MR) is 72.2 cm³/mol. The highest BCUT2D eigenvalue weighted by molar-refractivity contribution is 7.12. The van der Waals surface area contributed by atoms with E-state index in [4.69, 9.17) is 5.26 Å². The molecule has 2 nitrogen and oxygen atoms in total. The molecule has 0 saturated carbocycles. The average Bonchev–Trinajstić information content (AvgIpc) is 2.85. The molecule has 0 spiro atoms. The minimum atomic E-state index is 0.694. The molecule has 1 aromatic heterocycles. The number of rotatable bonds is 4. The van der Waals surface area contributed by atoms with Crippen LogP contribution in [0, 0.1) is 11.3 Å². The van der Waals surface area contributed by atoms with Gasteiger partial charge in [0.15, 0.2) is 0 Å². The molecule has 1 aromatic carbocycles. The van der Waals surface area contributed by atoms with Crippen LogP contribution in [-0.4, -0.2) is 0 Å². The van der Waals surface area contributed by atoms with Crippen molar-refractivity contribution in [1.82, 2.24) is 0 Å². The van der Waals surface area contributed by atoms with Crippen LogP contribution in [0.2, 0.25) is 0 Å². The molecule has 0 unspecified atom stereocenters. The summed E-state index contributed by atoms with van der Waals surface area (Å²) in [5.74, 6) is 0. The van der Waals surface area contributed by atoms with Gasteiger partial charge in [0.1, 0.15) is 0 Å². The van der Waals surface area contributed by atoms with Crippen LogP contribution in [0.1, 0.15) is 22.2 Å². The van der Waals surface area contributed by atoms with Crippen molar-refractivity contribution >= 4 is 17.0 Å². The molecule has 1 heterocycles. The largest absolute Gasteiger partial charge is 0.380 e. The van der Waals surface area contributed by atoms with Gasteiger partial charge in [-0.05, 0) is 42.8 Å². The third-order valence-corrected chi connectivity index (χ3v) is 3.78. The number of thiophene rings is 1. The van der Waals surface area contributed by atoms with Crippen molar-refractivity contribution in [2.75, 3.05) is 5.32 Å². The summed E-state index contributed by atoms with van der Waals surface area (Å²) in [6.07, 6.45) is 1.10. The number of aryl methyl sites for hydroxylation is 1. The molecule has 0 aliphatic rings. The van der Waals surface area contributed by atoms with Crippen LogP contribution in [0.15, 0.2) is 36.4 Å². The number of hydrogen-bond donors (Lipinski definition) is 1. The Bertz CT molecular complexity index is 520. The van der Waals surface area contributed by atoms with E-state index in [-0.39, 0.29) is 0 Å². The van der Waals surface area contributed by atoms with Crippen molar-refractivity contribution in [2.45, 2.75) is 19.9 Å². The summed E-state index contributed by atoms with van der Waals surface area (Å²) in [5.41, 5.74) is 1.75. The van der Waals surface area contributed by atoms with E-state index in [1.165, 1.54) is 9.75 Å². The Morgan fingerprint density at radius 1 is 1.12 bits per heavy atom. The highest BCUT2D eigenvalue weighted by atomic mass is 32.1. The van der Waals surface area contributed by atoms with Gasteiger partial charge in [-0.1, -0.05) is 6.92 Å². The van der Waals surface area contributed by atoms with Gasteiger partial charge < -0.3 is 5.32 Å². The minimum absolute atomic E-state index is 0.694. The number of hydrogen-bond acceptors (Lipinski definition) is 3. The number of benzene rings is 1. The van der Waals surface area contributed by atoms with Crippen molar-refractivity contribution in [3.05, 3.63) is 51.7 Å². The van der Waals surface area contributed by atoms with Crippen molar-refractivity contribution < 1.29 is 0 Å². The molecule has 0 saturated heterocycles. The molecule has 0 bridgehead atoms. The Morgan fingerprint density at radius 2 is 1.82 bits per heavy atom. The lowest BCUT2D eigenvalue weighted by atomic mass is 10.2. The van der Waals surface area contributed by atoms with Crippen molar-refractivity contribution in [1.29, 1.82) is 5.26 Å². The summed E-state index contributed by atoms with van der Waals surface area (Å²) in [6.45, 7) is 3.01. The first-order valence-electron chi connectivity index (χ1n) is 5.63. The molecule has 2 rings (SSSR count). The molecule has 3 heteroatoms. The van der Waals surface area contributed by atoms with E-state index in [2.05, 4.69) is 30.4 Å². The fourth-order valence-corrected chi connectivity index (χ4v) is 2.46. The minimum Gasteiger partial charge on any atom is -0.380 e. The van der Waals surface area contributed by atoms with Crippen molar-refractivity contribution in [3.63, 3.8) is 0 Å². The van der Waals surface area contributed by atoms with Crippen LogP contribution < -0.4 is 5.32 Å². The third-order valence-electron chi connectivity index (χ3n) is 2.55. The maximum atomic E-state index is 8.70. The van der Waals surface area contributed by atoms with Gasteiger partial charge in [0, 0.05) is 22.0 Å². The van der Waals surface area contributed by atoms with Gasteiger partial charge in [0.25, 0.3) is 0 Å². The van der Waals surface area contributed by atoms with E-state index in [9.17, 15) is 0 Å². The van der Waals surface area contributed by atoms with Crippen LogP contribution in [-0.2, 0) is 13.0 Å². The summed E-state index contributed by atoms with van der Waals surface area (Å²) < 4.78 is 0. The predicted octanol–water partition coefficient (Wildman–Crippen LogP) is 3.79. The van der Waals surface area contributed by atoms with E-state index >= 15 is 0 Å². The Kier molecular flexibility index (Phi) is 3.79. The quantitative estimate of drug-likeness (QED) is 0.885. The van der Waals surface area contributed by atoms with Crippen molar-refractivity contribution in [2.24, 2.45) is 0 Å². The zero-order chi connectivity index (χ0) is 12.1. The zero-order valence-electron chi connectivity index (χ0n) is 9.73. The SMILES string of the molecule is CCc1ccc(CNc2ccc(C#N)cc2)s1. The Balaban J connectivity index is 1.95. The lowest BCUT2D eigenvalue weighted by Crippen LogP contribution is -1.96. The molecule has 0 aliphatic heterocycles. The highest BCUT2D eigenvalue weighted by Gasteiger charge is 1.98. The fraction of sp³-hybridized carbons (Fsp3) is 0.214. The Labute approximate surface area is 106 Å². The summed E-state index contributed by atoms with van der Waals surface area (Å²) >= 11 is 1.84. The maximum Gasteiger partial charge on any atom is 0.0991 e. The van der Waals surface area contributed by atoms with E-state index in [0.717, 1.165) is 18.7 Å².